The second kappa shape index (κ2) is 4.86. The van der Waals surface area contributed by atoms with E-state index in [-0.39, 0.29) is 16.8 Å². The lowest BCUT2D eigenvalue weighted by atomic mass is 10.0. The van der Waals surface area contributed by atoms with E-state index in [1.54, 1.807) is 0 Å². The topological polar surface area (TPSA) is 43.1 Å². The Labute approximate surface area is 111 Å². The maximum atomic E-state index is 13.6. The van der Waals surface area contributed by atoms with Gasteiger partial charge in [-0.25, -0.2) is 8.78 Å². The highest BCUT2D eigenvalue weighted by atomic mass is 79.9. The van der Waals surface area contributed by atoms with Gasteiger partial charge in [-0.3, -0.25) is 4.79 Å². The van der Waals surface area contributed by atoms with Crippen molar-refractivity contribution in [2.75, 3.05) is 5.73 Å². The smallest absolute Gasteiger partial charge is 0.198 e. The summed E-state index contributed by atoms with van der Waals surface area (Å²) in [4.78, 5) is 12.1. The molecule has 2 aromatic carbocycles. The zero-order valence-electron chi connectivity index (χ0n) is 9.08. The number of carbonyl (C=O) groups excluding carboxylic acids is 1. The van der Waals surface area contributed by atoms with Gasteiger partial charge in [0.2, 0.25) is 0 Å². The molecule has 92 valence electrons. The third-order valence-electron chi connectivity index (χ3n) is 2.47. The second-order valence-electron chi connectivity index (χ2n) is 3.65. The number of nitrogen functional groups attached to an aromatic ring is 1. The summed E-state index contributed by atoms with van der Waals surface area (Å²) in [5.41, 5.74) is 5.00. The number of ketones is 1. The molecular weight excluding hydrogens is 304 g/mol. The Morgan fingerprint density at radius 3 is 2.50 bits per heavy atom. The summed E-state index contributed by atoms with van der Waals surface area (Å²) in [6.45, 7) is 0. The first-order valence-corrected chi connectivity index (χ1v) is 5.83. The predicted molar refractivity (Wildman–Crippen MR) is 68.3 cm³/mol. The molecule has 2 aromatic rings. The monoisotopic (exact) mass is 311 g/mol. The van der Waals surface area contributed by atoms with Crippen molar-refractivity contribution in [3.63, 3.8) is 0 Å². The molecule has 0 aromatic heterocycles. The van der Waals surface area contributed by atoms with Crippen LogP contribution < -0.4 is 5.73 Å². The second-order valence-corrected chi connectivity index (χ2v) is 4.57. The van der Waals surface area contributed by atoms with Crippen LogP contribution in [0.25, 0.3) is 0 Å². The van der Waals surface area contributed by atoms with Crippen LogP contribution in [-0.2, 0) is 0 Å². The molecule has 2 N–H and O–H groups in total. The highest BCUT2D eigenvalue weighted by Crippen LogP contribution is 2.23. The molecule has 0 bridgehead atoms. The Hall–Kier alpha value is -1.75. The lowest BCUT2D eigenvalue weighted by Gasteiger charge is -2.07. The molecule has 5 heteroatoms. The van der Waals surface area contributed by atoms with Crippen molar-refractivity contribution in [2.24, 2.45) is 0 Å². The molecule has 0 amide bonds. The van der Waals surface area contributed by atoms with E-state index in [0.29, 0.717) is 4.47 Å². The van der Waals surface area contributed by atoms with Crippen LogP contribution in [0.15, 0.2) is 40.9 Å². The maximum Gasteiger partial charge on any atom is 0.198 e. The van der Waals surface area contributed by atoms with E-state index in [9.17, 15) is 13.6 Å². The summed E-state index contributed by atoms with van der Waals surface area (Å²) in [6, 6.07) is 7.83. The third-order valence-corrected chi connectivity index (χ3v) is 2.96. The molecule has 0 saturated heterocycles. The van der Waals surface area contributed by atoms with E-state index < -0.39 is 17.4 Å². The van der Waals surface area contributed by atoms with Crippen LogP contribution in [0.5, 0.6) is 0 Å². The fourth-order valence-corrected chi connectivity index (χ4v) is 1.91. The first kappa shape index (κ1) is 12.7. The fraction of sp³-hybridized carbons (Fsp3) is 0. The molecule has 0 aliphatic rings. The summed E-state index contributed by atoms with van der Waals surface area (Å²) in [6.07, 6.45) is 0. The van der Waals surface area contributed by atoms with Crippen LogP contribution in [0.4, 0.5) is 14.5 Å². The standard InChI is InChI=1S/C13H8BrF2NO/c14-7-4-5-10(15)9(6-7)13(18)8-2-1-3-11(16)12(8)17/h1-6H,17H2. The van der Waals surface area contributed by atoms with Crippen LogP contribution in [0.3, 0.4) is 0 Å². The summed E-state index contributed by atoms with van der Waals surface area (Å²) in [5, 5.41) is 0. The van der Waals surface area contributed by atoms with E-state index in [1.807, 2.05) is 0 Å². The van der Waals surface area contributed by atoms with Gasteiger partial charge in [-0.2, -0.15) is 0 Å². The van der Waals surface area contributed by atoms with Gasteiger partial charge in [-0.15, -0.1) is 0 Å². The number of carbonyl (C=O) groups is 1. The minimum Gasteiger partial charge on any atom is -0.396 e. The maximum absolute atomic E-state index is 13.6. The van der Waals surface area contributed by atoms with E-state index in [1.165, 1.54) is 24.3 Å². The average Bonchev–Trinajstić information content (AvgIpc) is 2.35. The third kappa shape index (κ3) is 2.26. The number of anilines is 1. The molecule has 0 atom stereocenters. The Morgan fingerprint density at radius 1 is 1.06 bits per heavy atom. The van der Waals surface area contributed by atoms with Crippen molar-refractivity contribution in [3.05, 3.63) is 63.6 Å². The number of hydrogen-bond acceptors (Lipinski definition) is 2. The molecule has 0 fully saturated rings. The first-order valence-electron chi connectivity index (χ1n) is 5.04. The van der Waals surface area contributed by atoms with E-state index in [4.69, 9.17) is 5.73 Å². The van der Waals surface area contributed by atoms with Crippen LogP contribution >= 0.6 is 15.9 Å². The molecule has 0 spiro atoms. The largest absolute Gasteiger partial charge is 0.396 e. The number of halogens is 3. The van der Waals surface area contributed by atoms with Crippen molar-refractivity contribution in [1.29, 1.82) is 0 Å². The predicted octanol–water partition coefficient (Wildman–Crippen LogP) is 3.54. The molecule has 0 unspecified atom stereocenters. The number of para-hydroxylation sites is 1. The van der Waals surface area contributed by atoms with Crippen LogP contribution in [-0.4, -0.2) is 5.78 Å². The van der Waals surface area contributed by atoms with Gasteiger partial charge < -0.3 is 5.73 Å². The van der Waals surface area contributed by atoms with Crippen LogP contribution in [0, 0.1) is 11.6 Å². The first-order chi connectivity index (χ1) is 8.50. The molecule has 18 heavy (non-hydrogen) atoms. The van der Waals surface area contributed by atoms with Gasteiger partial charge in [-0.1, -0.05) is 22.0 Å². The molecule has 0 aliphatic carbocycles. The van der Waals surface area contributed by atoms with E-state index in [2.05, 4.69) is 15.9 Å². The summed E-state index contributed by atoms with van der Waals surface area (Å²) in [5.74, 6) is -2.02. The quantitative estimate of drug-likeness (QED) is 0.681. The number of hydrogen-bond donors (Lipinski definition) is 1. The Kier molecular flexibility index (Phi) is 3.43. The fourth-order valence-electron chi connectivity index (χ4n) is 1.55. The Balaban J connectivity index is 2.55. The molecule has 0 heterocycles. The van der Waals surface area contributed by atoms with Gasteiger partial charge in [-0.05, 0) is 30.3 Å². The Morgan fingerprint density at radius 2 is 1.78 bits per heavy atom. The van der Waals surface area contributed by atoms with Crippen molar-refractivity contribution in [2.45, 2.75) is 0 Å². The highest BCUT2D eigenvalue weighted by molar-refractivity contribution is 9.10. The lowest BCUT2D eigenvalue weighted by molar-refractivity contribution is 0.103. The summed E-state index contributed by atoms with van der Waals surface area (Å²) < 4.78 is 27.4. The van der Waals surface area contributed by atoms with Gasteiger partial charge in [0.1, 0.15) is 11.6 Å². The molecule has 2 rings (SSSR count). The zero-order chi connectivity index (χ0) is 13.3. The number of rotatable bonds is 2. The van der Waals surface area contributed by atoms with Crippen LogP contribution in [0.2, 0.25) is 0 Å². The van der Waals surface area contributed by atoms with Gasteiger partial charge >= 0.3 is 0 Å². The molecule has 0 aliphatic heterocycles. The van der Waals surface area contributed by atoms with E-state index in [0.717, 1.165) is 12.1 Å². The lowest BCUT2D eigenvalue weighted by Crippen LogP contribution is -2.08. The summed E-state index contributed by atoms with van der Waals surface area (Å²) >= 11 is 3.15. The van der Waals surface area contributed by atoms with Crippen molar-refractivity contribution >= 4 is 27.4 Å². The highest BCUT2D eigenvalue weighted by Gasteiger charge is 2.18. The minimum atomic E-state index is -0.698. The van der Waals surface area contributed by atoms with Crippen molar-refractivity contribution < 1.29 is 13.6 Å². The number of nitrogens with two attached hydrogens (primary N) is 1. The van der Waals surface area contributed by atoms with E-state index >= 15 is 0 Å². The minimum absolute atomic E-state index is 0.0491. The van der Waals surface area contributed by atoms with Gasteiger partial charge in [0.05, 0.1) is 11.3 Å². The molecular formula is C13H8BrF2NO. The molecule has 0 radical (unpaired) electrons. The van der Waals surface area contributed by atoms with Crippen LogP contribution in [0.1, 0.15) is 15.9 Å². The van der Waals surface area contributed by atoms with Gasteiger partial charge in [0.25, 0.3) is 0 Å². The van der Waals surface area contributed by atoms with Crippen molar-refractivity contribution in [1.82, 2.24) is 0 Å². The van der Waals surface area contributed by atoms with Crippen molar-refractivity contribution in [3.8, 4) is 0 Å². The molecule has 0 saturated carbocycles. The van der Waals surface area contributed by atoms with Gasteiger partial charge in [0.15, 0.2) is 5.78 Å². The zero-order valence-corrected chi connectivity index (χ0v) is 10.7. The summed E-state index contributed by atoms with van der Waals surface area (Å²) in [7, 11) is 0. The van der Waals surface area contributed by atoms with Gasteiger partial charge in [0, 0.05) is 10.0 Å². The molecule has 2 nitrogen and oxygen atoms in total. The Bertz CT molecular complexity index is 624. The number of benzene rings is 2. The average molecular weight is 312 g/mol. The SMILES string of the molecule is Nc1c(F)cccc1C(=O)c1cc(Br)ccc1F. The normalized spacial score (nSPS) is 10.4.